The largest absolute Gasteiger partial charge is 0.350 e. The van der Waals surface area contributed by atoms with Crippen LogP contribution in [0.5, 0.6) is 0 Å². The summed E-state index contributed by atoms with van der Waals surface area (Å²) in [6, 6.07) is 2.61. The lowest BCUT2D eigenvalue weighted by atomic mass is 10.1. The smallest absolute Gasteiger partial charge is 0.312 e. The Labute approximate surface area is 151 Å². The van der Waals surface area contributed by atoms with Crippen LogP contribution in [0.25, 0.3) is 0 Å². The van der Waals surface area contributed by atoms with Gasteiger partial charge >= 0.3 is 5.69 Å². The zero-order chi connectivity index (χ0) is 20.3. The van der Waals surface area contributed by atoms with Crippen molar-refractivity contribution in [2.75, 3.05) is 6.54 Å². The van der Waals surface area contributed by atoms with Crippen molar-refractivity contribution >= 4 is 23.0 Å². The number of carbonyl (C=O) groups is 1. The van der Waals surface area contributed by atoms with Crippen LogP contribution in [0, 0.1) is 44.2 Å². The molecule has 13 heteroatoms. The Morgan fingerprint density at radius 2 is 1.59 bits per heavy atom. The molecule has 1 heterocycles. The minimum absolute atomic E-state index is 0.00837. The highest BCUT2D eigenvalue weighted by molar-refractivity contribution is 5.95. The van der Waals surface area contributed by atoms with Crippen molar-refractivity contribution in [1.29, 1.82) is 0 Å². The molecule has 27 heavy (non-hydrogen) atoms. The van der Waals surface area contributed by atoms with Gasteiger partial charge < -0.3 is 5.32 Å². The summed E-state index contributed by atoms with van der Waals surface area (Å²) in [7, 11) is 0. The van der Waals surface area contributed by atoms with Crippen LogP contribution < -0.4 is 5.32 Å². The number of nitro benzene ring substituents is 2. The second-order valence-electron chi connectivity index (χ2n) is 5.51. The summed E-state index contributed by atoms with van der Waals surface area (Å²) in [5, 5.41) is 39.2. The number of non-ortho nitro benzene ring substituents is 2. The molecule has 0 spiro atoms. The Morgan fingerprint density at radius 3 is 2.04 bits per heavy atom. The number of benzene rings is 1. The molecule has 2 aromatic rings. The second kappa shape index (κ2) is 7.55. The number of rotatable bonds is 7. The SMILES string of the molecule is Cc1nn(CCNC(=O)c2cc([N+](=O)[O-])cc([N+](=O)[O-])c2)c(C)c1[N+](=O)[O-]. The van der Waals surface area contributed by atoms with Gasteiger partial charge in [0.25, 0.3) is 17.3 Å². The normalized spacial score (nSPS) is 10.4. The maximum atomic E-state index is 12.2. The summed E-state index contributed by atoms with van der Waals surface area (Å²) in [6.45, 7) is 3.13. The van der Waals surface area contributed by atoms with E-state index in [1.807, 2.05) is 0 Å². The summed E-state index contributed by atoms with van der Waals surface area (Å²) in [4.78, 5) is 42.6. The number of nitro groups is 3. The van der Waals surface area contributed by atoms with E-state index in [9.17, 15) is 35.1 Å². The average molecular weight is 378 g/mol. The number of hydrogen-bond acceptors (Lipinski definition) is 8. The number of aryl methyl sites for hydroxylation is 1. The highest BCUT2D eigenvalue weighted by Gasteiger charge is 2.22. The lowest BCUT2D eigenvalue weighted by Gasteiger charge is -2.07. The van der Waals surface area contributed by atoms with Gasteiger partial charge in [0.2, 0.25) is 0 Å². The van der Waals surface area contributed by atoms with Crippen molar-refractivity contribution < 1.29 is 19.6 Å². The molecular formula is C14H14N6O7. The van der Waals surface area contributed by atoms with E-state index >= 15 is 0 Å². The number of nitrogens with one attached hydrogen (secondary N) is 1. The molecule has 0 aliphatic heterocycles. The van der Waals surface area contributed by atoms with E-state index in [1.165, 1.54) is 18.5 Å². The van der Waals surface area contributed by atoms with Gasteiger partial charge in [-0.1, -0.05) is 0 Å². The second-order valence-corrected chi connectivity index (χ2v) is 5.51. The monoisotopic (exact) mass is 378 g/mol. The van der Waals surface area contributed by atoms with Crippen molar-refractivity contribution in [1.82, 2.24) is 15.1 Å². The molecule has 1 aromatic heterocycles. The number of nitrogens with zero attached hydrogens (tertiary/aromatic N) is 5. The van der Waals surface area contributed by atoms with Gasteiger partial charge in [-0.3, -0.25) is 39.8 Å². The highest BCUT2D eigenvalue weighted by atomic mass is 16.6. The molecule has 0 radical (unpaired) electrons. The summed E-state index contributed by atoms with van der Waals surface area (Å²) < 4.78 is 1.35. The summed E-state index contributed by atoms with van der Waals surface area (Å²) in [5.74, 6) is -0.752. The number of carbonyl (C=O) groups excluding carboxylic acids is 1. The molecule has 13 nitrogen and oxygen atoms in total. The van der Waals surface area contributed by atoms with Gasteiger partial charge in [-0.25, -0.2) is 0 Å². The van der Waals surface area contributed by atoms with Crippen LogP contribution >= 0.6 is 0 Å². The Hall–Kier alpha value is -3.90. The van der Waals surface area contributed by atoms with Crippen LogP contribution in [0.1, 0.15) is 21.7 Å². The topological polar surface area (TPSA) is 176 Å². The molecule has 0 atom stereocenters. The molecule has 0 fully saturated rings. The molecule has 0 bridgehead atoms. The molecular weight excluding hydrogens is 364 g/mol. The van der Waals surface area contributed by atoms with Crippen molar-refractivity contribution in [3.05, 3.63) is 65.5 Å². The predicted molar refractivity (Wildman–Crippen MR) is 90.4 cm³/mol. The molecule has 1 aromatic carbocycles. The summed E-state index contributed by atoms with van der Waals surface area (Å²) >= 11 is 0. The van der Waals surface area contributed by atoms with Crippen molar-refractivity contribution in [2.45, 2.75) is 20.4 Å². The zero-order valence-corrected chi connectivity index (χ0v) is 14.2. The standard InChI is InChI=1S/C14H14N6O7/c1-8-13(20(26)27)9(2)17(16-8)4-3-15-14(21)10-5-11(18(22)23)7-12(6-10)19(24)25/h5-7H,3-4H2,1-2H3,(H,15,21). The number of aromatic nitrogens is 2. The number of hydrogen-bond donors (Lipinski definition) is 1. The average Bonchev–Trinajstić information content (AvgIpc) is 2.88. The summed E-state index contributed by atoms with van der Waals surface area (Å²) in [5.41, 5.74) is -0.964. The Morgan fingerprint density at radius 1 is 1.04 bits per heavy atom. The van der Waals surface area contributed by atoms with Crippen molar-refractivity contribution in [3.63, 3.8) is 0 Å². The van der Waals surface area contributed by atoms with Gasteiger partial charge in [0.1, 0.15) is 11.4 Å². The maximum Gasteiger partial charge on any atom is 0.312 e. The molecule has 0 unspecified atom stereocenters. The first kappa shape index (κ1) is 19.4. The van der Waals surface area contributed by atoms with Gasteiger partial charge in [-0.2, -0.15) is 5.10 Å². The fraction of sp³-hybridized carbons (Fsp3) is 0.286. The van der Waals surface area contributed by atoms with Crippen LogP contribution in [-0.2, 0) is 6.54 Å². The van der Waals surface area contributed by atoms with Crippen LogP contribution in [-0.4, -0.2) is 37.0 Å². The van der Waals surface area contributed by atoms with Crippen molar-refractivity contribution in [3.8, 4) is 0 Å². The first-order valence-electron chi connectivity index (χ1n) is 7.52. The quantitative estimate of drug-likeness (QED) is 0.558. The minimum Gasteiger partial charge on any atom is -0.350 e. The first-order chi connectivity index (χ1) is 12.6. The van der Waals surface area contributed by atoms with Gasteiger partial charge in [-0.15, -0.1) is 0 Å². The maximum absolute atomic E-state index is 12.2. The van der Waals surface area contributed by atoms with E-state index in [1.54, 1.807) is 0 Å². The van der Waals surface area contributed by atoms with Gasteiger partial charge in [-0.05, 0) is 13.8 Å². The fourth-order valence-corrected chi connectivity index (χ4v) is 2.48. The van der Waals surface area contributed by atoms with E-state index in [4.69, 9.17) is 0 Å². The molecule has 142 valence electrons. The molecule has 0 saturated heterocycles. The summed E-state index contributed by atoms with van der Waals surface area (Å²) in [6.07, 6.45) is 0. The third-order valence-corrected chi connectivity index (χ3v) is 3.72. The van der Waals surface area contributed by atoms with Gasteiger partial charge in [0, 0.05) is 18.7 Å². The Balaban J connectivity index is 2.13. The molecule has 2 rings (SSSR count). The van der Waals surface area contributed by atoms with Crippen LogP contribution in [0.15, 0.2) is 18.2 Å². The first-order valence-corrected chi connectivity index (χ1v) is 7.52. The van der Waals surface area contributed by atoms with Crippen LogP contribution in [0.3, 0.4) is 0 Å². The molecule has 1 amide bonds. The van der Waals surface area contributed by atoms with Gasteiger partial charge in [0.15, 0.2) is 0 Å². The van der Waals surface area contributed by atoms with Gasteiger partial charge in [0.05, 0.1) is 32.9 Å². The molecule has 0 aliphatic carbocycles. The molecule has 0 saturated carbocycles. The van der Waals surface area contributed by atoms with Crippen LogP contribution in [0.2, 0.25) is 0 Å². The van der Waals surface area contributed by atoms with Crippen LogP contribution in [0.4, 0.5) is 17.1 Å². The zero-order valence-electron chi connectivity index (χ0n) is 14.2. The van der Waals surface area contributed by atoms with E-state index in [0.717, 1.165) is 18.2 Å². The van der Waals surface area contributed by atoms with Crippen molar-refractivity contribution in [2.24, 2.45) is 0 Å². The minimum atomic E-state index is -0.835. The van der Waals surface area contributed by atoms with E-state index in [-0.39, 0.29) is 30.0 Å². The fourth-order valence-electron chi connectivity index (χ4n) is 2.48. The highest BCUT2D eigenvalue weighted by Crippen LogP contribution is 2.23. The lowest BCUT2D eigenvalue weighted by molar-refractivity contribution is -0.394. The third-order valence-electron chi connectivity index (χ3n) is 3.72. The lowest BCUT2D eigenvalue weighted by Crippen LogP contribution is -2.28. The van der Waals surface area contributed by atoms with E-state index in [2.05, 4.69) is 10.4 Å². The Kier molecular flexibility index (Phi) is 5.43. The number of amides is 1. The molecule has 1 N–H and O–H groups in total. The predicted octanol–water partition coefficient (Wildman–Crippen LogP) is 1.65. The molecule has 0 aliphatic rings. The third kappa shape index (κ3) is 4.20. The van der Waals surface area contributed by atoms with E-state index in [0.29, 0.717) is 5.69 Å². The van der Waals surface area contributed by atoms with E-state index < -0.39 is 32.1 Å². The Bertz CT molecular complexity index is 919.